The van der Waals surface area contributed by atoms with Crippen molar-refractivity contribution < 1.29 is 4.79 Å². The van der Waals surface area contributed by atoms with Gasteiger partial charge in [-0.1, -0.05) is 18.2 Å². The zero-order valence-electron chi connectivity index (χ0n) is 11.3. The van der Waals surface area contributed by atoms with E-state index in [-0.39, 0.29) is 5.91 Å². The molecule has 1 fully saturated rings. The minimum atomic E-state index is -0.463. The Bertz CT molecular complexity index is 456. The van der Waals surface area contributed by atoms with Gasteiger partial charge in [-0.25, -0.2) is 0 Å². The van der Waals surface area contributed by atoms with Crippen LogP contribution in [0.3, 0.4) is 0 Å². The van der Waals surface area contributed by atoms with Crippen LogP contribution in [0.25, 0.3) is 0 Å². The van der Waals surface area contributed by atoms with Gasteiger partial charge in [-0.15, -0.1) is 0 Å². The number of carbonyl (C=O) groups excluding carboxylic acids is 1. The standard InChI is InChI=1S/C14H21N3O/c1-14(2)13(18)16(3)8-9-17(14)10-11-6-4-5-7-12(11)15/h4-7H,8-10,15H2,1-3H3. The maximum Gasteiger partial charge on any atom is 0.242 e. The molecule has 0 atom stereocenters. The van der Waals surface area contributed by atoms with Gasteiger partial charge in [-0.2, -0.15) is 0 Å². The highest BCUT2D eigenvalue weighted by molar-refractivity contribution is 5.86. The van der Waals surface area contributed by atoms with Crippen LogP contribution in [0, 0.1) is 0 Å². The van der Waals surface area contributed by atoms with E-state index in [0.717, 1.165) is 30.9 Å². The van der Waals surface area contributed by atoms with Crippen LogP contribution >= 0.6 is 0 Å². The van der Waals surface area contributed by atoms with Crippen LogP contribution in [0.4, 0.5) is 5.69 Å². The molecule has 1 aliphatic rings. The first-order valence-corrected chi connectivity index (χ1v) is 6.27. The second kappa shape index (κ2) is 4.61. The second-order valence-electron chi connectivity index (χ2n) is 5.41. The SMILES string of the molecule is CN1CCN(Cc2ccccc2N)C(C)(C)C1=O. The van der Waals surface area contributed by atoms with Crippen molar-refractivity contribution in [2.75, 3.05) is 25.9 Å². The van der Waals surface area contributed by atoms with E-state index in [1.165, 1.54) is 0 Å². The molecule has 1 aromatic carbocycles. The fraction of sp³-hybridized carbons (Fsp3) is 0.500. The number of hydrogen-bond acceptors (Lipinski definition) is 3. The van der Waals surface area contributed by atoms with Gasteiger partial charge in [0.25, 0.3) is 0 Å². The van der Waals surface area contributed by atoms with E-state index in [9.17, 15) is 4.79 Å². The van der Waals surface area contributed by atoms with Gasteiger partial charge in [0.1, 0.15) is 0 Å². The summed E-state index contributed by atoms with van der Waals surface area (Å²) in [5, 5.41) is 0. The lowest BCUT2D eigenvalue weighted by molar-refractivity contribution is -0.147. The van der Waals surface area contributed by atoms with Crippen molar-refractivity contribution in [3.05, 3.63) is 29.8 Å². The Labute approximate surface area is 108 Å². The number of likely N-dealkylation sites (N-methyl/N-ethyl adjacent to an activating group) is 1. The van der Waals surface area contributed by atoms with Crippen LogP contribution in [0.5, 0.6) is 0 Å². The summed E-state index contributed by atoms with van der Waals surface area (Å²) in [7, 11) is 1.86. The number of nitrogens with zero attached hydrogens (tertiary/aromatic N) is 2. The van der Waals surface area contributed by atoms with Crippen LogP contribution in [0.1, 0.15) is 19.4 Å². The molecule has 4 heteroatoms. The lowest BCUT2D eigenvalue weighted by atomic mass is 9.96. The Kier molecular flexibility index (Phi) is 3.30. The molecule has 1 saturated heterocycles. The third-order valence-corrected chi connectivity index (χ3v) is 3.78. The van der Waals surface area contributed by atoms with Gasteiger partial charge >= 0.3 is 0 Å². The van der Waals surface area contributed by atoms with E-state index >= 15 is 0 Å². The lowest BCUT2D eigenvalue weighted by Gasteiger charge is -2.44. The minimum absolute atomic E-state index is 0.170. The summed E-state index contributed by atoms with van der Waals surface area (Å²) in [6.45, 7) is 6.33. The molecule has 98 valence electrons. The first-order valence-electron chi connectivity index (χ1n) is 6.27. The van der Waals surface area contributed by atoms with Gasteiger partial charge in [0.2, 0.25) is 5.91 Å². The van der Waals surface area contributed by atoms with Crippen molar-refractivity contribution >= 4 is 11.6 Å². The maximum atomic E-state index is 12.2. The van der Waals surface area contributed by atoms with Crippen molar-refractivity contribution in [2.24, 2.45) is 0 Å². The van der Waals surface area contributed by atoms with E-state index in [2.05, 4.69) is 4.90 Å². The fourth-order valence-electron chi connectivity index (χ4n) is 2.41. The molecule has 1 amide bonds. The quantitative estimate of drug-likeness (QED) is 0.802. The number of hydrogen-bond donors (Lipinski definition) is 1. The van der Waals surface area contributed by atoms with E-state index in [0.29, 0.717) is 0 Å². The van der Waals surface area contributed by atoms with E-state index in [1.807, 2.05) is 45.2 Å². The fourth-order valence-corrected chi connectivity index (χ4v) is 2.41. The molecular formula is C14H21N3O. The predicted octanol–water partition coefficient (Wildman–Crippen LogP) is 1.32. The van der Waals surface area contributed by atoms with Crippen molar-refractivity contribution in [1.82, 2.24) is 9.80 Å². The van der Waals surface area contributed by atoms with Crippen molar-refractivity contribution in [3.8, 4) is 0 Å². The van der Waals surface area contributed by atoms with Gasteiger partial charge in [0.05, 0.1) is 5.54 Å². The topological polar surface area (TPSA) is 49.6 Å². The number of amides is 1. The summed E-state index contributed by atoms with van der Waals surface area (Å²) in [4.78, 5) is 16.2. The lowest BCUT2D eigenvalue weighted by Crippen LogP contribution is -2.61. The Hall–Kier alpha value is -1.55. The van der Waals surface area contributed by atoms with Crippen LogP contribution in [-0.4, -0.2) is 41.4 Å². The summed E-state index contributed by atoms with van der Waals surface area (Å²) in [6.07, 6.45) is 0. The number of piperazine rings is 1. The minimum Gasteiger partial charge on any atom is -0.398 e. The number of carbonyl (C=O) groups is 1. The molecule has 0 aliphatic carbocycles. The molecule has 1 aromatic rings. The van der Waals surface area contributed by atoms with Crippen LogP contribution in [0.15, 0.2) is 24.3 Å². The number of nitrogens with two attached hydrogens (primary N) is 1. The highest BCUT2D eigenvalue weighted by Gasteiger charge is 2.40. The first kappa shape index (κ1) is 12.9. The average molecular weight is 247 g/mol. The number of para-hydroxylation sites is 1. The van der Waals surface area contributed by atoms with Crippen LogP contribution < -0.4 is 5.73 Å². The third-order valence-electron chi connectivity index (χ3n) is 3.78. The predicted molar refractivity (Wildman–Crippen MR) is 73.0 cm³/mol. The van der Waals surface area contributed by atoms with Crippen molar-refractivity contribution in [3.63, 3.8) is 0 Å². The molecular weight excluding hydrogens is 226 g/mol. The molecule has 1 aliphatic heterocycles. The zero-order valence-corrected chi connectivity index (χ0v) is 11.3. The molecule has 4 nitrogen and oxygen atoms in total. The molecule has 0 aromatic heterocycles. The summed E-state index contributed by atoms with van der Waals surface area (Å²) < 4.78 is 0. The maximum absolute atomic E-state index is 12.2. The molecule has 0 unspecified atom stereocenters. The number of benzene rings is 1. The summed E-state index contributed by atoms with van der Waals surface area (Å²) in [6, 6.07) is 7.84. The average Bonchev–Trinajstić information content (AvgIpc) is 2.33. The van der Waals surface area contributed by atoms with E-state index in [4.69, 9.17) is 5.73 Å². The molecule has 18 heavy (non-hydrogen) atoms. The molecule has 2 N–H and O–H groups in total. The monoisotopic (exact) mass is 247 g/mol. The molecule has 0 radical (unpaired) electrons. The molecule has 0 bridgehead atoms. The van der Waals surface area contributed by atoms with Crippen molar-refractivity contribution in [1.29, 1.82) is 0 Å². The van der Waals surface area contributed by atoms with Gasteiger partial charge < -0.3 is 10.6 Å². The van der Waals surface area contributed by atoms with Gasteiger partial charge in [0, 0.05) is 32.4 Å². The zero-order chi connectivity index (χ0) is 13.3. The summed E-state index contributed by atoms with van der Waals surface area (Å²) >= 11 is 0. The normalized spacial score (nSPS) is 20.2. The smallest absolute Gasteiger partial charge is 0.242 e. The highest BCUT2D eigenvalue weighted by Crippen LogP contribution is 2.25. The first-order chi connectivity index (χ1) is 8.43. The Balaban J connectivity index is 2.19. The largest absolute Gasteiger partial charge is 0.398 e. The summed E-state index contributed by atoms with van der Waals surface area (Å²) in [5.41, 5.74) is 7.38. The Morgan fingerprint density at radius 3 is 2.61 bits per heavy atom. The Morgan fingerprint density at radius 1 is 1.28 bits per heavy atom. The number of anilines is 1. The van der Waals surface area contributed by atoms with Crippen molar-refractivity contribution in [2.45, 2.75) is 25.9 Å². The van der Waals surface area contributed by atoms with Crippen LogP contribution in [0.2, 0.25) is 0 Å². The van der Waals surface area contributed by atoms with E-state index < -0.39 is 5.54 Å². The molecule has 0 spiro atoms. The highest BCUT2D eigenvalue weighted by atomic mass is 16.2. The van der Waals surface area contributed by atoms with Crippen LogP contribution in [-0.2, 0) is 11.3 Å². The van der Waals surface area contributed by atoms with Gasteiger partial charge in [-0.05, 0) is 25.5 Å². The molecule has 2 rings (SSSR count). The Morgan fingerprint density at radius 2 is 1.94 bits per heavy atom. The molecule has 1 heterocycles. The van der Waals surface area contributed by atoms with Gasteiger partial charge in [0.15, 0.2) is 0 Å². The number of rotatable bonds is 2. The molecule has 0 saturated carbocycles. The van der Waals surface area contributed by atoms with E-state index in [1.54, 1.807) is 4.90 Å². The number of nitrogen functional groups attached to an aromatic ring is 1. The third kappa shape index (κ3) is 2.20. The van der Waals surface area contributed by atoms with Gasteiger partial charge in [-0.3, -0.25) is 9.69 Å². The second-order valence-corrected chi connectivity index (χ2v) is 5.41. The summed E-state index contributed by atoms with van der Waals surface area (Å²) in [5.74, 6) is 0.170.